The molecule has 0 unspecified atom stereocenters. The average Bonchev–Trinajstić information content (AvgIpc) is 2.28. The third kappa shape index (κ3) is 3.53. The van der Waals surface area contributed by atoms with E-state index in [1.807, 2.05) is 19.1 Å². The van der Waals surface area contributed by atoms with Gasteiger partial charge in [-0.05, 0) is 31.4 Å². The summed E-state index contributed by atoms with van der Waals surface area (Å²) in [5.41, 5.74) is 2.40. The molecule has 1 N–H and O–H groups in total. The van der Waals surface area contributed by atoms with E-state index in [1.165, 1.54) is 5.56 Å². The number of aryl methyl sites for hydroxylation is 1. The summed E-state index contributed by atoms with van der Waals surface area (Å²) >= 11 is 5.70. The lowest BCUT2D eigenvalue weighted by Crippen LogP contribution is -2.31. The van der Waals surface area contributed by atoms with E-state index in [0.717, 1.165) is 12.0 Å². The van der Waals surface area contributed by atoms with Crippen LogP contribution in [0, 0.1) is 0 Å². The van der Waals surface area contributed by atoms with Crippen molar-refractivity contribution in [3.63, 3.8) is 0 Å². The van der Waals surface area contributed by atoms with Gasteiger partial charge in [0.1, 0.15) is 5.38 Å². The van der Waals surface area contributed by atoms with Crippen molar-refractivity contribution in [1.29, 1.82) is 0 Å². The molecule has 1 amide bonds. The van der Waals surface area contributed by atoms with Gasteiger partial charge in [-0.3, -0.25) is 4.79 Å². The summed E-state index contributed by atoms with van der Waals surface area (Å²) in [6, 6.07) is 8.26. The summed E-state index contributed by atoms with van der Waals surface area (Å²) in [5.74, 6) is -0.131. The molecule has 16 heavy (non-hydrogen) atoms. The number of hydrogen-bond acceptors (Lipinski definition) is 1. The van der Waals surface area contributed by atoms with Crippen LogP contribution in [0.5, 0.6) is 0 Å². The quantitative estimate of drug-likeness (QED) is 0.804. The van der Waals surface area contributed by atoms with Crippen molar-refractivity contribution < 1.29 is 4.79 Å². The van der Waals surface area contributed by atoms with Crippen LogP contribution in [-0.4, -0.2) is 11.3 Å². The predicted octanol–water partition coefficient (Wildman–Crippen LogP) is 3.05. The zero-order valence-corrected chi connectivity index (χ0v) is 10.7. The van der Waals surface area contributed by atoms with Crippen molar-refractivity contribution in [2.24, 2.45) is 0 Å². The Kier molecular flexibility index (Phi) is 4.81. The Labute approximate surface area is 102 Å². The molecule has 88 valence electrons. The molecule has 0 aliphatic carbocycles. The van der Waals surface area contributed by atoms with Crippen molar-refractivity contribution in [2.75, 3.05) is 0 Å². The van der Waals surface area contributed by atoms with E-state index < -0.39 is 5.38 Å². The summed E-state index contributed by atoms with van der Waals surface area (Å²) in [6.45, 7) is 5.75. The standard InChI is InChI=1S/C13H18ClNO/c1-4-11-5-7-12(8-6-11)10(3)15-13(16)9(2)14/h5-10H,4H2,1-3H3,(H,15,16)/t9-,10+/m0/s1. The fraction of sp³-hybridized carbons (Fsp3) is 0.462. The monoisotopic (exact) mass is 239 g/mol. The van der Waals surface area contributed by atoms with E-state index in [2.05, 4.69) is 24.4 Å². The van der Waals surface area contributed by atoms with Gasteiger partial charge in [-0.25, -0.2) is 0 Å². The van der Waals surface area contributed by atoms with Gasteiger partial charge in [0.25, 0.3) is 0 Å². The minimum atomic E-state index is -0.489. The third-order valence-corrected chi connectivity index (χ3v) is 2.81. The normalized spacial score (nSPS) is 14.2. The zero-order chi connectivity index (χ0) is 12.1. The van der Waals surface area contributed by atoms with Crippen molar-refractivity contribution in [3.05, 3.63) is 35.4 Å². The summed E-state index contributed by atoms with van der Waals surface area (Å²) < 4.78 is 0. The third-order valence-electron chi connectivity index (χ3n) is 2.61. The highest BCUT2D eigenvalue weighted by Crippen LogP contribution is 2.14. The number of hydrogen-bond donors (Lipinski definition) is 1. The van der Waals surface area contributed by atoms with Gasteiger partial charge in [0.2, 0.25) is 5.91 Å². The first kappa shape index (κ1) is 13.0. The lowest BCUT2D eigenvalue weighted by atomic mass is 10.0. The summed E-state index contributed by atoms with van der Waals surface area (Å²) in [4.78, 5) is 11.4. The first-order valence-corrected chi connectivity index (χ1v) is 6.01. The van der Waals surface area contributed by atoms with Crippen LogP contribution in [0.25, 0.3) is 0 Å². The molecule has 0 heterocycles. The second-order valence-electron chi connectivity index (χ2n) is 3.94. The van der Waals surface area contributed by atoms with Crippen LogP contribution in [0.3, 0.4) is 0 Å². The van der Waals surface area contributed by atoms with Crippen molar-refractivity contribution >= 4 is 17.5 Å². The number of carbonyl (C=O) groups excluding carboxylic acids is 1. The number of nitrogens with one attached hydrogen (secondary N) is 1. The molecular formula is C13H18ClNO. The van der Waals surface area contributed by atoms with Gasteiger partial charge in [0.15, 0.2) is 0 Å². The molecule has 1 aromatic rings. The number of carbonyl (C=O) groups is 1. The fourth-order valence-electron chi connectivity index (χ4n) is 1.45. The lowest BCUT2D eigenvalue weighted by molar-refractivity contribution is -0.121. The van der Waals surface area contributed by atoms with Gasteiger partial charge in [0, 0.05) is 0 Å². The molecule has 2 nitrogen and oxygen atoms in total. The highest BCUT2D eigenvalue weighted by molar-refractivity contribution is 6.30. The van der Waals surface area contributed by atoms with E-state index >= 15 is 0 Å². The Bertz CT molecular complexity index is 345. The predicted molar refractivity (Wildman–Crippen MR) is 67.7 cm³/mol. The number of amides is 1. The maximum atomic E-state index is 11.4. The molecule has 0 saturated carbocycles. The van der Waals surface area contributed by atoms with Crippen LogP contribution >= 0.6 is 11.6 Å². The van der Waals surface area contributed by atoms with Gasteiger partial charge in [-0.2, -0.15) is 0 Å². The Hall–Kier alpha value is -1.02. The maximum absolute atomic E-state index is 11.4. The molecule has 0 fully saturated rings. The smallest absolute Gasteiger partial charge is 0.238 e. The van der Waals surface area contributed by atoms with Crippen LogP contribution in [-0.2, 0) is 11.2 Å². The second kappa shape index (κ2) is 5.90. The molecule has 0 radical (unpaired) electrons. The molecule has 3 heteroatoms. The van der Waals surface area contributed by atoms with Crippen LogP contribution in [0.2, 0.25) is 0 Å². The minimum Gasteiger partial charge on any atom is -0.348 e. The van der Waals surface area contributed by atoms with Crippen LogP contribution in [0.4, 0.5) is 0 Å². The number of benzene rings is 1. The van der Waals surface area contributed by atoms with E-state index in [0.29, 0.717) is 0 Å². The van der Waals surface area contributed by atoms with E-state index in [-0.39, 0.29) is 11.9 Å². The largest absolute Gasteiger partial charge is 0.348 e. The van der Waals surface area contributed by atoms with Crippen LogP contribution < -0.4 is 5.32 Å². The van der Waals surface area contributed by atoms with Gasteiger partial charge in [-0.1, -0.05) is 31.2 Å². The number of alkyl halides is 1. The first-order valence-electron chi connectivity index (χ1n) is 5.58. The lowest BCUT2D eigenvalue weighted by Gasteiger charge is -2.15. The Morgan fingerprint density at radius 3 is 2.31 bits per heavy atom. The molecular weight excluding hydrogens is 222 g/mol. The van der Waals surface area contributed by atoms with Crippen molar-refractivity contribution in [2.45, 2.75) is 38.6 Å². The van der Waals surface area contributed by atoms with Gasteiger partial charge >= 0.3 is 0 Å². The SMILES string of the molecule is CCc1ccc([C@@H](C)NC(=O)[C@H](C)Cl)cc1. The zero-order valence-electron chi connectivity index (χ0n) is 9.96. The van der Waals surface area contributed by atoms with Crippen molar-refractivity contribution in [1.82, 2.24) is 5.32 Å². The van der Waals surface area contributed by atoms with E-state index in [4.69, 9.17) is 11.6 Å². The summed E-state index contributed by atoms with van der Waals surface area (Å²) in [6.07, 6.45) is 1.03. The van der Waals surface area contributed by atoms with E-state index in [1.54, 1.807) is 6.92 Å². The van der Waals surface area contributed by atoms with Crippen LogP contribution in [0.15, 0.2) is 24.3 Å². The maximum Gasteiger partial charge on any atom is 0.238 e. The highest BCUT2D eigenvalue weighted by Gasteiger charge is 2.13. The Morgan fingerprint density at radius 2 is 1.88 bits per heavy atom. The van der Waals surface area contributed by atoms with Gasteiger partial charge in [-0.15, -0.1) is 11.6 Å². The molecule has 1 rings (SSSR count). The van der Waals surface area contributed by atoms with Gasteiger partial charge < -0.3 is 5.32 Å². The second-order valence-corrected chi connectivity index (χ2v) is 4.60. The molecule has 0 aliphatic heterocycles. The highest BCUT2D eigenvalue weighted by atomic mass is 35.5. The van der Waals surface area contributed by atoms with Crippen LogP contribution in [0.1, 0.15) is 37.9 Å². The first-order chi connectivity index (χ1) is 7.54. The Balaban J connectivity index is 2.65. The summed E-state index contributed by atoms with van der Waals surface area (Å²) in [7, 11) is 0. The molecule has 1 aromatic carbocycles. The average molecular weight is 240 g/mol. The summed E-state index contributed by atoms with van der Waals surface area (Å²) in [5, 5.41) is 2.37. The molecule has 0 aromatic heterocycles. The van der Waals surface area contributed by atoms with Crippen molar-refractivity contribution in [3.8, 4) is 0 Å². The molecule has 0 saturated heterocycles. The number of halogens is 1. The molecule has 0 aliphatic rings. The topological polar surface area (TPSA) is 29.1 Å². The molecule has 0 bridgehead atoms. The number of rotatable bonds is 4. The van der Waals surface area contributed by atoms with Gasteiger partial charge in [0.05, 0.1) is 6.04 Å². The Morgan fingerprint density at radius 1 is 1.31 bits per heavy atom. The fourth-order valence-corrected chi connectivity index (χ4v) is 1.52. The molecule has 2 atom stereocenters. The minimum absolute atomic E-state index is 0.000365. The van der Waals surface area contributed by atoms with E-state index in [9.17, 15) is 4.79 Å². The molecule has 0 spiro atoms.